The second kappa shape index (κ2) is 4.88. The smallest absolute Gasteiger partial charge is 0.289 e. The van der Waals surface area contributed by atoms with E-state index >= 15 is 0 Å². The third-order valence-corrected chi connectivity index (χ3v) is 1.92. The SMILES string of the molecule is O=C(NN=Cc1ccccc1)c1cnc[nH]1. The van der Waals surface area contributed by atoms with Crippen LogP contribution in [-0.4, -0.2) is 22.1 Å². The fraction of sp³-hybridized carbons (Fsp3) is 0. The van der Waals surface area contributed by atoms with Crippen LogP contribution in [0.2, 0.25) is 0 Å². The number of benzene rings is 1. The minimum Gasteiger partial charge on any atom is -0.341 e. The van der Waals surface area contributed by atoms with Gasteiger partial charge in [0.2, 0.25) is 0 Å². The number of aromatic nitrogens is 2. The first-order valence-corrected chi connectivity index (χ1v) is 4.73. The van der Waals surface area contributed by atoms with Crippen molar-refractivity contribution in [3.63, 3.8) is 0 Å². The first kappa shape index (κ1) is 10.1. The van der Waals surface area contributed by atoms with E-state index in [2.05, 4.69) is 20.5 Å². The Morgan fingerprint density at radius 3 is 2.88 bits per heavy atom. The molecule has 5 nitrogen and oxygen atoms in total. The Bertz CT molecular complexity index is 476. The lowest BCUT2D eigenvalue weighted by Gasteiger charge is -1.95. The second-order valence-corrected chi connectivity index (χ2v) is 3.08. The van der Waals surface area contributed by atoms with E-state index in [0.717, 1.165) is 5.56 Å². The third kappa shape index (κ3) is 2.54. The lowest BCUT2D eigenvalue weighted by molar-refractivity contribution is 0.0950. The van der Waals surface area contributed by atoms with E-state index in [1.54, 1.807) is 6.21 Å². The number of carbonyl (C=O) groups is 1. The number of H-pyrrole nitrogens is 1. The Morgan fingerprint density at radius 2 is 2.19 bits per heavy atom. The molecular weight excluding hydrogens is 204 g/mol. The first-order valence-electron chi connectivity index (χ1n) is 4.73. The molecule has 0 bridgehead atoms. The fourth-order valence-electron chi connectivity index (χ4n) is 1.14. The van der Waals surface area contributed by atoms with E-state index in [1.807, 2.05) is 30.3 Å². The number of imidazole rings is 1. The van der Waals surface area contributed by atoms with Gasteiger partial charge < -0.3 is 4.98 Å². The number of hydrazone groups is 1. The van der Waals surface area contributed by atoms with Crippen molar-refractivity contribution < 1.29 is 4.79 Å². The Kier molecular flexibility index (Phi) is 3.08. The van der Waals surface area contributed by atoms with Crippen LogP contribution in [0.4, 0.5) is 0 Å². The number of aromatic amines is 1. The molecule has 0 unspecified atom stereocenters. The normalized spacial score (nSPS) is 10.5. The average Bonchev–Trinajstić information content (AvgIpc) is 2.84. The number of carbonyl (C=O) groups excluding carboxylic acids is 1. The lowest BCUT2D eigenvalue weighted by Crippen LogP contribution is -2.17. The predicted molar refractivity (Wildman–Crippen MR) is 60.1 cm³/mol. The Morgan fingerprint density at radius 1 is 1.38 bits per heavy atom. The van der Waals surface area contributed by atoms with Gasteiger partial charge in [-0.25, -0.2) is 10.4 Å². The zero-order valence-electron chi connectivity index (χ0n) is 8.42. The number of rotatable bonds is 3. The summed E-state index contributed by atoms with van der Waals surface area (Å²) in [5, 5.41) is 3.83. The molecule has 0 aliphatic rings. The lowest BCUT2D eigenvalue weighted by atomic mass is 10.2. The monoisotopic (exact) mass is 214 g/mol. The number of hydrogen-bond donors (Lipinski definition) is 2. The van der Waals surface area contributed by atoms with Crippen molar-refractivity contribution in [3.8, 4) is 0 Å². The maximum Gasteiger partial charge on any atom is 0.289 e. The van der Waals surface area contributed by atoms with E-state index in [1.165, 1.54) is 12.5 Å². The van der Waals surface area contributed by atoms with Gasteiger partial charge in [-0.2, -0.15) is 5.10 Å². The largest absolute Gasteiger partial charge is 0.341 e. The standard InChI is InChI=1S/C11H10N4O/c16-11(10-7-12-8-13-10)15-14-6-9-4-2-1-3-5-9/h1-8H,(H,12,13)(H,15,16). The molecule has 2 rings (SSSR count). The van der Waals surface area contributed by atoms with Gasteiger partial charge in [0.1, 0.15) is 5.69 Å². The summed E-state index contributed by atoms with van der Waals surface area (Å²) in [6, 6.07) is 9.51. The molecule has 0 aliphatic heterocycles. The van der Waals surface area contributed by atoms with Gasteiger partial charge in [-0.05, 0) is 5.56 Å². The molecule has 1 amide bonds. The highest BCUT2D eigenvalue weighted by molar-refractivity contribution is 5.92. The van der Waals surface area contributed by atoms with Crippen LogP contribution in [-0.2, 0) is 0 Å². The zero-order chi connectivity index (χ0) is 11.2. The van der Waals surface area contributed by atoms with Gasteiger partial charge in [0.25, 0.3) is 5.91 Å². The molecule has 0 saturated carbocycles. The van der Waals surface area contributed by atoms with Gasteiger partial charge in [0.15, 0.2) is 0 Å². The molecule has 1 heterocycles. The van der Waals surface area contributed by atoms with Crippen LogP contribution in [0.15, 0.2) is 48.0 Å². The molecule has 2 aromatic rings. The van der Waals surface area contributed by atoms with Gasteiger partial charge in [0.05, 0.1) is 18.7 Å². The van der Waals surface area contributed by atoms with Gasteiger partial charge in [-0.15, -0.1) is 0 Å². The molecule has 0 radical (unpaired) electrons. The summed E-state index contributed by atoms with van der Waals surface area (Å²) in [5.74, 6) is -0.315. The Balaban J connectivity index is 1.93. The van der Waals surface area contributed by atoms with E-state index in [4.69, 9.17) is 0 Å². The van der Waals surface area contributed by atoms with Crippen molar-refractivity contribution in [2.75, 3.05) is 0 Å². The molecule has 0 spiro atoms. The summed E-state index contributed by atoms with van der Waals surface area (Å²) in [7, 11) is 0. The topological polar surface area (TPSA) is 70.1 Å². The summed E-state index contributed by atoms with van der Waals surface area (Å²) in [5.41, 5.74) is 3.70. The predicted octanol–water partition coefficient (Wildman–Crippen LogP) is 1.17. The summed E-state index contributed by atoms with van der Waals surface area (Å²) < 4.78 is 0. The molecule has 0 fully saturated rings. The van der Waals surface area contributed by atoms with Crippen molar-refractivity contribution in [2.45, 2.75) is 0 Å². The molecule has 80 valence electrons. The van der Waals surface area contributed by atoms with Gasteiger partial charge in [0, 0.05) is 0 Å². The van der Waals surface area contributed by atoms with Gasteiger partial charge >= 0.3 is 0 Å². The summed E-state index contributed by atoms with van der Waals surface area (Å²) in [6.45, 7) is 0. The highest BCUT2D eigenvalue weighted by Gasteiger charge is 2.03. The van der Waals surface area contributed by atoms with Crippen molar-refractivity contribution in [1.29, 1.82) is 0 Å². The van der Waals surface area contributed by atoms with Gasteiger partial charge in [-0.3, -0.25) is 4.79 Å². The maximum absolute atomic E-state index is 11.4. The number of amides is 1. The van der Waals surface area contributed by atoms with E-state index in [0.29, 0.717) is 5.69 Å². The first-order chi connectivity index (χ1) is 7.86. The minimum atomic E-state index is -0.315. The highest BCUT2D eigenvalue weighted by Crippen LogP contribution is 1.94. The summed E-state index contributed by atoms with van der Waals surface area (Å²) >= 11 is 0. The molecule has 2 N–H and O–H groups in total. The van der Waals surface area contributed by atoms with Crippen LogP contribution in [0.5, 0.6) is 0 Å². The fourth-order valence-corrected chi connectivity index (χ4v) is 1.14. The summed E-state index contributed by atoms with van der Waals surface area (Å²) in [4.78, 5) is 17.8. The molecule has 1 aromatic heterocycles. The summed E-state index contributed by atoms with van der Waals surface area (Å²) in [6.07, 6.45) is 4.46. The number of nitrogens with zero attached hydrogens (tertiary/aromatic N) is 2. The van der Waals surface area contributed by atoms with Crippen molar-refractivity contribution >= 4 is 12.1 Å². The van der Waals surface area contributed by atoms with Crippen LogP contribution in [0.3, 0.4) is 0 Å². The van der Waals surface area contributed by atoms with E-state index < -0.39 is 0 Å². The molecule has 0 atom stereocenters. The van der Waals surface area contributed by atoms with Crippen LogP contribution in [0.25, 0.3) is 0 Å². The maximum atomic E-state index is 11.4. The molecule has 1 aromatic carbocycles. The second-order valence-electron chi connectivity index (χ2n) is 3.08. The molecule has 5 heteroatoms. The van der Waals surface area contributed by atoms with E-state index in [9.17, 15) is 4.79 Å². The zero-order valence-corrected chi connectivity index (χ0v) is 8.42. The molecular formula is C11H10N4O. The van der Waals surface area contributed by atoms with Crippen LogP contribution >= 0.6 is 0 Å². The molecule has 0 aliphatic carbocycles. The van der Waals surface area contributed by atoms with Crippen LogP contribution in [0.1, 0.15) is 16.1 Å². The van der Waals surface area contributed by atoms with Crippen molar-refractivity contribution in [1.82, 2.24) is 15.4 Å². The van der Waals surface area contributed by atoms with Crippen molar-refractivity contribution in [2.24, 2.45) is 5.10 Å². The Labute approximate surface area is 92.2 Å². The quantitative estimate of drug-likeness (QED) is 0.594. The highest BCUT2D eigenvalue weighted by atomic mass is 16.2. The number of nitrogens with one attached hydrogen (secondary N) is 2. The van der Waals surface area contributed by atoms with Crippen LogP contribution in [0, 0.1) is 0 Å². The van der Waals surface area contributed by atoms with Crippen LogP contribution < -0.4 is 5.43 Å². The van der Waals surface area contributed by atoms with Crippen molar-refractivity contribution in [3.05, 3.63) is 54.1 Å². The minimum absolute atomic E-state index is 0.315. The van der Waals surface area contributed by atoms with E-state index in [-0.39, 0.29) is 5.91 Å². The molecule has 16 heavy (non-hydrogen) atoms. The average molecular weight is 214 g/mol. The third-order valence-electron chi connectivity index (χ3n) is 1.92. The molecule has 0 saturated heterocycles. The Hall–Kier alpha value is -2.43. The van der Waals surface area contributed by atoms with Gasteiger partial charge in [-0.1, -0.05) is 30.3 Å². The number of hydrogen-bond acceptors (Lipinski definition) is 3.